The van der Waals surface area contributed by atoms with Gasteiger partial charge in [0.25, 0.3) is 0 Å². The number of urea groups is 1. The summed E-state index contributed by atoms with van der Waals surface area (Å²) in [5.41, 5.74) is 3.38. The number of nitrogens with one attached hydrogen (secondary N) is 2. The summed E-state index contributed by atoms with van der Waals surface area (Å²) in [6, 6.07) is 3.90. The van der Waals surface area contributed by atoms with Crippen molar-refractivity contribution < 1.29 is 9.53 Å². The molecule has 0 aliphatic rings. The van der Waals surface area contributed by atoms with Crippen LogP contribution >= 0.6 is 0 Å². The number of aryl methyl sites for hydroxylation is 2. The van der Waals surface area contributed by atoms with Crippen LogP contribution in [0, 0.1) is 26.7 Å². The van der Waals surface area contributed by atoms with Crippen LogP contribution in [0.5, 0.6) is 5.75 Å². The zero-order chi connectivity index (χ0) is 14.4. The number of hydrogen-bond donors (Lipinski definition) is 2. The molecule has 0 spiro atoms. The third-order valence-corrected chi connectivity index (χ3v) is 2.99. The molecule has 0 heterocycles. The summed E-state index contributed by atoms with van der Waals surface area (Å²) in [5.74, 6) is 1.29. The predicted molar refractivity (Wildman–Crippen MR) is 77.5 cm³/mol. The van der Waals surface area contributed by atoms with E-state index in [2.05, 4.69) is 30.5 Å². The van der Waals surface area contributed by atoms with E-state index >= 15 is 0 Å². The Bertz CT molecular complexity index is 442. The Labute approximate surface area is 115 Å². The highest BCUT2D eigenvalue weighted by Gasteiger charge is 2.07. The van der Waals surface area contributed by atoms with Crippen LogP contribution in [0.3, 0.4) is 0 Å². The van der Waals surface area contributed by atoms with E-state index in [4.69, 9.17) is 4.74 Å². The number of carbonyl (C=O) groups is 1. The van der Waals surface area contributed by atoms with E-state index in [0.717, 1.165) is 16.9 Å². The molecule has 0 saturated heterocycles. The molecular weight excluding hydrogens is 240 g/mol. The zero-order valence-electron chi connectivity index (χ0n) is 12.5. The number of carbonyl (C=O) groups excluding carboxylic acids is 1. The van der Waals surface area contributed by atoms with E-state index in [9.17, 15) is 4.79 Å². The van der Waals surface area contributed by atoms with Gasteiger partial charge in [-0.05, 0) is 43.4 Å². The Kier molecular flexibility index (Phi) is 5.67. The van der Waals surface area contributed by atoms with Crippen LogP contribution in [-0.2, 0) is 0 Å². The normalized spacial score (nSPS) is 10.4. The molecule has 0 fully saturated rings. The van der Waals surface area contributed by atoms with E-state index in [1.54, 1.807) is 0 Å². The lowest BCUT2D eigenvalue weighted by atomic mass is 10.1. The summed E-state index contributed by atoms with van der Waals surface area (Å²) in [5, 5.41) is 5.47. The van der Waals surface area contributed by atoms with E-state index < -0.39 is 0 Å². The maximum Gasteiger partial charge on any atom is 0.317 e. The van der Waals surface area contributed by atoms with Gasteiger partial charge in [0.05, 0.1) is 0 Å². The van der Waals surface area contributed by atoms with Crippen molar-refractivity contribution in [2.75, 3.05) is 13.3 Å². The van der Waals surface area contributed by atoms with Crippen molar-refractivity contribution >= 4 is 6.03 Å². The third-order valence-electron chi connectivity index (χ3n) is 2.99. The van der Waals surface area contributed by atoms with Gasteiger partial charge >= 0.3 is 6.03 Å². The van der Waals surface area contributed by atoms with Crippen LogP contribution in [0.2, 0.25) is 0 Å². The molecule has 1 aromatic rings. The van der Waals surface area contributed by atoms with Crippen LogP contribution in [0.25, 0.3) is 0 Å². The van der Waals surface area contributed by atoms with Gasteiger partial charge in [-0.15, -0.1) is 0 Å². The third kappa shape index (κ3) is 4.81. The topological polar surface area (TPSA) is 50.4 Å². The average molecular weight is 264 g/mol. The molecule has 0 aliphatic heterocycles. The fourth-order valence-electron chi connectivity index (χ4n) is 1.68. The van der Waals surface area contributed by atoms with Gasteiger partial charge in [0.1, 0.15) is 5.75 Å². The second-order valence-electron chi connectivity index (χ2n) is 5.22. The van der Waals surface area contributed by atoms with E-state index in [1.807, 2.05) is 26.8 Å². The number of rotatable bonds is 5. The summed E-state index contributed by atoms with van der Waals surface area (Å²) < 4.78 is 5.65. The van der Waals surface area contributed by atoms with Crippen molar-refractivity contribution in [1.29, 1.82) is 0 Å². The summed E-state index contributed by atoms with van der Waals surface area (Å²) >= 11 is 0. The van der Waals surface area contributed by atoms with Gasteiger partial charge in [-0.1, -0.05) is 26.0 Å². The Hall–Kier alpha value is -1.71. The standard InChI is InChI=1S/C15H24N2O2/c1-10(2)8-16-15(18)17-9-19-14-12(4)7-6-11(3)13(14)5/h6-7,10H,8-9H2,1-5H3,(H2,16,17,18). The molecule has 0 aromatic heterocycles. The SMILES string of the molecule is Cc1ccc(C)c(OCNC(=O)NCC(C)C)c1C. The van der Waals surface area contributed by atoms with Crippen LogP contribution in [0.1, 0.15) is 30.5 Å². The van der Waals surface area contributed by atoms with Crippen molar-refractivity contribution in [3.05, 3.63) is 28.8 Å². The summed E-state index contributed by atoms with van der Waals surface area (Å²) in [6.45, 7) is 11.0. The molecule has 0 saturated carbocycles. The van der Waals surface area contributed by atoms with Crippen molar-refractivity contribution in [2.45, 2.75) is 34.6 Å². The first-order valence-corrected chi connectivity index (χ1v) is 6.63. The average Bonchev–Trinajstić information content (AvgIpc) is 2.35. The fraction of sp³-hybridized carbons (Fsp3) is 0.533. The van der Waals surface area contributed by atoms with E-state index in [0.29, 0.717) is 12.5 Å². The predicted octanol–water partition coefficient (Wildman–Crippen LogP) is 2.90. The molecule has 4 heteroatoms. The lowest BCUT2D eigenvalue weighted by Gasteiger charge is -2.15. The molecule has 19 heavy (non-hydrogen) atoms. The maximum absolute atomic E-state index is 11.5. The molecule has 106 valence electrons. The van der Waals surface area contributed by atoms with Gasteiger partial charge in [-0.3, -0.25) is 0 Å². The monoisotopic (exact) mass is 264 g/mol. The molecular formula is C15H24N2O2. The molecule has 2 amide bonds. The Balaban J connectivity index is 2.45. The zero-order valence-corrected chi connectivity index (χ0v) is 12.5. The quantitative estimate of drug-likeness (QED) is 0.803. The minimum Gasteiger partial charge on any atom is -0.473 e. The molecule has 2 N–H and O–H groups in total. The molecule has 0 bridgehead atoms. The van der Waals surface area contributed by atoms with Gasteiger partial charge < -0.3 is 15.4 Å². The largest absolute Gasteiger partial charge is 0.473 e. The smallest absolute Gasteiger partial charge is 0.317 e. The lowest BCUT2D eigenvalue weighted by molar-refractivity contribution is 0.222. The Morgan fingerprint density at radius 1 is 1.16 bits per heavy atom. The molecule has 0 aliphatic carbocycles. The lowest BCUT2D eigenvalue weighted by Crippen LogP contribution is -2.39. The van der Waals surface area contributed by atoms with Crippen molar-refractivity contribution in [1.82, 2.24) is 10.6 Å². The fourth-order valence-corrected chi connectivity index (χ4v) is 1.68. The minimum atomic E-state index is -0.198. The first-order valence-electron chi connectivity index (χ1n) is 6.63. The van der Waals surface area contributed by atoms with Crippen molar-refractivity contribution in [3.63, 3.8) is 0 Å². The Morgan fingerprint density at radius 3 is 2.42 bits per heavy atom. The highest BCUT2D eigenvalue weighted by atomic mass is 16.5. The highest BCUT2D eigenvalue weighted by molar-refractivity contribution is 5.73. The number of ether oxygens (including phenoxy) is 1. The second-order valence-corrected chi connectivity index (χ2v) is 5.22. The molecule has 0 radical (unpaired) electrons. The van der Waals surface area contributed by atoms with E-state index in [1.165, 1.54) is 5.56 Å². The van der Waals surface area contributed by atoms with E-state index in [-0.39, 0.29) is 12.8 Å². The summed E-state index contributed by atoms with van der Waals surface area (Å²) in [7, 11) is 0. The summed E-state index contributed by atoms with van der Waals surface area (Å²) in [6.07, 6.45) is 0. The molecule has 0 unspecified atom stereocenters. The van der Waals surface area contributed by atoms with Gasteiger partial charge in [-0.2, -0.15) is 0 Å². The molecule has 1 rings (SSSR count). The second kappa shape index (κ2) is 7.02. The van der Waals surface area contributed by atoms with Gasteiger partial charge in [0.2, 0.25) is 0 Å². The maximum atomic E-state index is 11.5. The summed E-state index contributed by atoms with van der Waals surface area (Å²) in [4.78, 5) is 11.5. The first-order chi connectivity index (χ1) is 8.91. The van der Waals surface area contributed by atoms with Crippen molar-refractivity contribution in [2.24, 2.45) is 5.92 Å². The van der Waals surface area contributed by atoms with Crippen LogP contribution in [0.4, 0.5) is 4.79 Å². The van der Waals surface area contributed by atoms with Crippen LogP contribution < -0.4 is 15.4 Å². The number of benzene rings is 1. The molecule has 4 nitrogen and oxygen atoms in total. The molecule has 1 aromatic carbocycles. The van der Waals surface area contributed by atoms with Gasteiger partial charge in [0.15, 0.2) is 6.73 Å². The Morgan fingerprint density at radius 2 is 1.79 bits per heavy atom. The van der Waals surface area contributed by atoms with Crippen LogP contribution in [-0.4, -0.2) is 19.3 Å². The first kappa shape index (κ1) is 15.3. The minimum absolute atomic E-state index is 0.176. The number of amides is 2. The van der Waals surface area contributed by atoms with Crippen LogP contribution in [0.15, 0.2) is 12.1 Å². The molecule has 0 atom stereocenters. The number of hydrogen-bond acceptors (Lipinski definition) is 2. The van der Waals surface area contributed by atoms with Gasteiger partial charge in [-0.25, -0.2) is 4.79 Å². The van der Waals surface area contributed by atoms with Gasteiger partial charge in [0, 0.05) is 6.54 Å². The highest BCUT2D eigenvalue weighted by Crippen LogP contribution is 2.25. The van der Waals surface area contributed by atoms with Crippen molar-refractivity contribution in [3.8, 4) is 5.75 Å².